The third-order valence-corrected chi connectivity index (χ3v) is 6.19. The number of fused-ring (bicyclic) bond motifs is 1. The van der Waals surface area contributed by atoms with Gasteiger partial charge in [0.1, 0.15) is 11.3 Å². The van der Waals surface area contributed by atoms with Gasteiger partial charge in [-0.1, -0.05) is 35.1 Å². The first-order chi connectivity index (χ1) is 12.6. The van der Waals surface area contributed by atoms with Crippen LogP contribution in [0, 0.1) is 5.82 Å². The van der Waals surface area contributed by atoms with Crippen molar-refractivity contribution < 1.29 is 9.18 Å². The summed E-state index contributed by atoms with van der Waals surface area (Å²) in [5, 5.41) is 1.29. The van der Waals surface area contributed by atoms with Crippen molar-refractivity contribution in [3.8, 4) is 0 Å². The number of benzene rings is 2. The van der Waals surface area contributed by atoms with E-state index in [9.17, 15) is 9.18 Å². The van der Waals surface area contributed by atoms with Crippen molar-refractivity contribution in [3.63, 3.8) is 0 Å². The lowest BCUT2D eigenvalue weighted by Gasteiger charge is -2.24. The van der Waals surface area contributed by atoms with Gasteiger partial charge in [0, 0.05) is 17.6 Å². The van der Waals surface area contributed by atoms with Crippen molar-refractivity contribution in [1.29, 1.82) is 0 Å². The smallest absolute Gasteiger partial charge is 0.234 e. The molecular formula is C17H14ClFN4OS2. The van der Waals surface area contributed by atoms with Crippen molar-refractivity contribution in [2.45, 2.75) is 12.0 Å². The Morgan fingerprint density at radius 1 is 1.27 bits per heavy atom. The molecule has 1 aliphatic heterocycles. The molecule has 1 fully saturated rings. The van der Waals surface area contributed by atoms with Crippen LogP contribution in [0.4, 0.5) is 9.52 Å². The Balaban J connectivity index is 1.43. The maximum absolute atomic E-state index is 13.3. The summed E-state index contributed by atoms with van der Waals surface area (Å²) >= 11 is 8.83. The van der Waals surface area contributed by atoms with Gasteiger partial charge >= 0.3 is 0 Å². The number of aromatic nitrogens is 1. The largest absolute Gasteiger partial charge is 0.311 e. The minimum atomic E-state index is -0.312. The van der Waals surface area contributed by atoms with E-state index in [0.717, 1.165) is 10.3 Å². The highest BCUT2D eigenvalue weighted by Gasteiger charge is 2.31. The fourth-order valence-corrected chi connectivity index (χ4v) is 4.52. The van der Waals surface area contributed by atoms with Crippen molar-refractivity contribution in [1.82, 2.24) is 15.3 Å². The van der Waals surface area contributed by atoms with Crippen LogP contribution in [-0.4, -0.2) is 27.0 Å². The predicted octanol–water partition coefficient (Wildman–Crippen LogP) is 4.06. The number of halogens is 2. The molecular weight excluding hydrogens is 395 g/mol. The summed E-state index contributed by atoms with van der Waals surface area (Å²) in [5.41, 5.74) is 7.56. The molecule has 3 aromatic rings. The van der Waals surface area contributed by atoms with E-state index in [0.29, 0.717) is 28.0 Å². The second-order valence-electron chi connectivity index (χ2n) is 5.71. The zero-order chi connectivity index (χ0) is 18.1. The molecule has 2 N–H and O–H groups in total. The summed E-state index contributed by atoms with van der Waals surface area (Å²) in [6.45, 7) is 0.493. The first kappa shape index (κ1) is 17.5. The molecule has 9 heteroatoms. The Kier molecular flexibility index (Phi) is 4.99. The first-order valence-electron chi connectivity index (χ1n) is 7.82. The minimum absolute atomic E-state index is 0.0654. The van der Waals surface area contributed by atoms with Crippen molar-refractivity contribution in [2.75, 3.05) is 11.2 Å². The second kappa shape index (κ2) is 7.40. The number of hydrogen-bond donors (Lipinski definition) is 2. The van der Waals surface area contributed by atoms with Crippen LogP contribution in [-0.2, 0) is 11.3 Å². The molecule has 1 unspecified atom stereocenters. The van der Waals surface area contributed by atoms with Crippen molar-refractivity contribution in [2.24, 2.45) is 0 Å². The van der Waals surface area contributed by atoms with Crippen LogP contribution in [0.1, 0.15) is 5.56 Å². The van der Waals surface area contributed by atoms with Crippen molar-refractivity contribution >= 4 is 56.0 Å². The molecule has 2 aromatic carbocycles. The fourth-order valence-electron chi connectivity index (χ4n) is 2.61. The molecule has 0 spiro atoms. The summed E-state index contributed by atoms with van der Waals surface area (Å²) in [4.78, 5) is 18.3. The van der Waals surface area contributed by atoms with E-state index < -0.39 is 0 Å². The van der Waals surface area contributed by atoms with Gasteiger partial charge in [0.05, 0.1) is 16.0 Å². The molecule has 1 amide bonds. The number of nitrogens with zero attached hydrogens (tertiary/aromatic N) is 2. The Labute approximate surface area is 162 Å². The predicted molar refractivity (Wildman–Crippen MR) is 105 cm³/mol. The number of rotatable bonds is 5. The van der Waals surface area contributed by atoms with E-state index in [1.54, 1.807) is 11.0 Å². The van der Waals surface area contributed by atoms with E-state index in [1.165, 1.54) is 35.2 Å². The molecule has 0 radical (unpaired) electrons. The SMILES string of the molecule is O=C1CSC(NNc2nc3cc(F)ccc3s2)N1Cc1ccc(Cl)cc1. The van der Waals surface area contributed by atoms with Crippen LogP contribution in [0.3, 0.4) is 0 Å². The molecule has 1 atom stereocenters. The quantitative estimate of drug-likeness (QED) is 0.623. The zero-order valence-corrected chi connectivity index (χ0v) is 15.8. The third-order valence-electron chi connectivity index (χ3n) is 3.89. The van der Waals surface area contributed by atoms with Crippen LogP contribution in [0.15, 0.2) is 42.5 Å². The molecule has 26 heavy (non-hydrogen) atoms. The Morgan fingerprint density at radius 2 is 2.08 bits per heavy atom. The van der Waals surface area contributed by atoms with Crippen LogP contribution in [0.2, 0.25) is 5.02 Å². The topological polar surface area (TPSA) is 57.3 Å². The highest BCUT2D eigenvalue weighted by atomic mass is 35.5. The number of carbonyl (C=O) groups excluding carboxylic acids is 1. The normalized spacial score (nSPS) is 17.2. The third kappa shape index (κ3) is 3.78. The molecule has 0 saturated carbocycles. The summed E-state index contributed by atoms with van der Waals surface area (Å²) in [6, 6.07) is 12.0. The number of nitrogens with one attached hydrogen (secondary N) is 2. The lowest BCUT2D eigenvalue weighted by molar-refractivity contribution is -0.128. The van der Waals surface area contributed by atoms with E-state index >= 15 is 0 Å². The number of hydrogen-bond acceptors (Lipinski definition) is 6. The van der Waals surface area contributed by atoms with Crippen LogP contribution in [0.5, 0.6) is 0 Å². The second-order valence-corrected chi connectivity index (χ2v) is 8.25. The van der Waals surface area contributed by atoms with Gasteiger partial charge in [-0.15, -0.1) is 11.8 Å². The number of amides is 1. The van der Waals surface area contributed by atoms with Crippen LogP contribution >= 0.6 is 34.7 Å². The van der Waals surface area contributed by atoms with Gasteiger partial charge in [0.2, 0.25) is 5.91 Å². The van der Waals surface area contributed by atoms with E-state index in [-0.39, 0.29) is 17.2 Å². The van der Waals surface area contributed by atoms with Gasteiger partial charge in [0.15, 0.2) is 5.13 Å². The molecule has 134 valence electrons. The number of anilines is 1. The van der Waals surface area contributed by atoms with Gasteiger partial charge < -0.3 is 4.90 Å². The van der Waals surface area contributed by atoms with Gasteiger partial charge in [0.25, 0.3) is 0 Å². The Hall–Kier alpha value is -1.87. The molecule has 0 aliphatic carbocycles. The van der Waals surface area contributed by atoms with Gasteiger partial charge in [-0.3, -0.25) is 10.2 Å². The molecule has 4 rings (SSSR count). The number of thiazole rings is 1. The van der Waals surface area contributed by atoms with Crippen LogP contribution in [0.25, 0.3) is 10.2 Å². The lowest BCUT2D eigenvalue weighted by atomic mass is 10.2. The monoisotopic (exact) mass is 408 g/mol. The van der Waals surface area contributed by atoms with E-state index in [4.69, 9.17) is 11.6 Å². The Morgan fingerprint density at radius 3 is 2.88 bits per heavy atom. The average Bonchev–Trinajstić information content (AvgIpc) is 3.18. The lowest BCUT2D eigenvalue weighted by Crippen LogP contribution is -2.43. The number of thioether (sulfide) groups is 1. The van der Waals surface area contributed by atoms with Crippen LogP contribution < -0.4 is 10.9 Å². The number of carbonyl (C=O) groups is 1. The van der Waals surface area contributed by atoms with Gasteiger partial charge in [-0.05, 0) is 29.8 Å². The molecule has 1 saturated heterocycles. The molecule has 2 heterocycles. The molecule has 5 nitrogen and oxygen atoms in total. The van der Waals surface area contributed by atoms with Crippen molar-refractivity contribution in [3.05, 3.63) is 58.9 Å². The van der Waals surface area contributed by atoms with E-state index in [1.807, 2.05) is 24.3 Å². The summed E-state index contributed by atoms with van der Waals surface area (Å²) in [7, 11) is 0. The van der Waals surface area contributed by atoms with Gasteiger partial charge in [-0.2, -0.15) is 0 Å². The van der Waals surface area contributed by atoms with E-state index in [2.05, 4.69) is 15.8 Å². The molecule has 1 aromatic heterocycles. The summed E-state index contributed by atoms with van der Waals surface area (Å²) in [6.07, 6.45) is 0. The average molecular weight is 409 g/mol. The standard InChI is InChI=1S/C17H14ClFN4OS2/c18-11-3-1-10(2-4-11)8-23-15(24)9-25-17(23)22-21-16-20-13-7-12(19)5-6-14(13)26-16/h1-7,17,22H,8-9H2,(H,20,21). The maximum Gasteiger partial charge on any atom is 0.234 e. The zero-order valence-electron chi connectivity index (χ0n) is 13.4. The summed E-state index contributed by atoms with van der Waals surface area (Å²) in [5.74, 6) is 0.168. The Bertz CT molecular complexity index is 950. The first-order valence-corrected chi connectivity index (χ1v) is 10.1. The van der Waals surface area contributed by atoms with Gasteiger partial charge in [-0.25, -0.2) is 14.8 Å². The maximum atomic E-state index is 13.3. The molecule has 0 bridgehead atoms. The minimum Gasteiger partial charge on any atom is -0.311 e. The highest BCUT2D eigenvalue weighted by molar-refractivity contribution is 8.00. The highest BCUT2D eigenvalue weighted by Crippen LogP contribution is 2.28. The fraction of sp³-hybridized carbons (Fsp3) is 0.176. The molecule has 1 aliphatic rings. The summed E-state index contributed by atoms with van der Waals surface area (Å²) < 4.78 is 14.2. The number of hydrazine groups is 1.